The van der Waals surface area contributed by atoms with Gasteiger partial charge in [0.2, 0.25) is 16.0 Å². The van der Waals surface area contributed by atoms with Gasteiger partial charge < -0.3 is 19.5 Å². The highest BCUT2D eigenvalue weighted by Crippen LogP contribution is 2.37. The third-order valence-corrected chi connectivity index (χ3v) is 8.04. The third kappa shape index (κ3) is 5.13. The lowest BCUT2D eigenvalue weighted by molar-refractivity contribution is 0.0736. The van der Waals surface area contributed by atoms with E-state index in [1.807, 2.05) is 6.92 Å². The van der Waals surface area contributed by atoms with Crippen molar-refractivity contribution in [3.05, 3.63) is 47.8 Å². The molecular weight excluding hydrogens is 486 g/mol. The zero-order valence-corrected chi connectivity index (χ0v) is 21.7. The van der Waals surface area contributed by atoms with Crippen LogP contribution >= 0.6 is 0 Å². The number of nitrogens with one attached hydrogen (secondary N) is 2. The first-order valence-electron chi connectivity index (χ1n) is 11.5. The number of methoxy groups -OCH3 is 2. The van der Waals surface area contributed by atoms with Gasteiger partial charge in [0.1, 0.15) is 23.0 Å². The monoisotopic (exact) mass is 517 g/mol. The smallest absolute Gasteiger partial charge is 0.243 e. The topological polar surface area (TPSA) is 142 Å². The highest BCUT2D eigenvalue weighted by molar-refractivity contribution is 7.93. The van der Waals surface area contributed by atoms with Crippen molar-refractivity contribution in [3.8, 4) is 17.2 Å². The molecule has 194 valence electrons. The van der Waals surface area contributed by atoms with E-state index in [9.17, 15) is 8.42 Å². The average molecular weight is 518 g/mol. The molecule has 2 unspecified atom stereocenters. The van der Waals surface area contributed by atoms with Crippen molar-refractivity contribution in [2.45, 2.75) is 38.0 Å². The molecule has 0 amide bonds. The molecule has 1 fully saturated rings. The number of morpholine rings is 1. The summed E-state index contributed by atoms with van der Waals surface area (Å²) in [4.78, 5) is 8.61. The van der Waals surface area contributed by atoms with Gasteiger partial charge in [-0.2, -0.15) is 0 Å². The predicted octanol–water partition coefficient (Wildman–Crippen LogP) is 1.98. The summed E-state index contributed by atoms with van der Waals surface area (Å²) in [5.41, 5.74) is 1.36. The second-order valence-electron chi connectivity index (χ2n) is 8.57. The second-order valence-corrected chi connectivity index (χ2v) is 10.6. The molecule has 2 aromatic heterocycles. The molecule has 3 heterocycles. The van der Waals surface area contributed by atoms with Gasteiger partial charge in [0.25, 0.3) is 0 Å². The standard InChI is InChI=1S/C23H31N7O5S/c1-14-11-25-21(26-12-14)15(2)16(3)36(31,32)29-23-28-27-22(17-13-35-10-9-24-17)30(23)20-18(33-4)7-6-8-19(20)34-5/h6-8,11-12,15-17,24H,9-10,13H2,1-5H3,(H,28,29)/t15?,16?,17-/m0/s1. The molecule has 1 aromatic carbocycles. The van der Waals surface area contributed by atoms with E-state index in [-0.39, 0.29) is 12.0 Å². The number of ether oxygens (including phenoxy) is 3. The number of aryl methyl sites for hydroxylation is 1. The summed E-state index contributed by atoms with van der Waals surface area (Å²) in [5.74, 6) is 1.34. The summed E-state index contributed by atoms with van der Waals surface area (Å²) in [7, 11) is -0.890. The molecule has 3 aromatic rings. The highest BCUT2D eigenvalue weighted by atomic mass is 32.2. The van der Waals surface area contributed by atoms with Crippen molar-refractivity contribution in [1.29, 1.82) is 0 Å². The van der Waals surface area contributed by atoms with E-state index in [1.54, 1.807) is 49.0 Å². The molecule has 1 saturated heterocycles. The van der Waals surface area contributed by atoms with Crippen LogP contribution < -0.4 is 19.5 Å². The third-order valence-electron chi connectivity index (χ3n) is 6.18. The molecular formula is C23H31N7O5S. The van der Waals surface area contributed by atoms with Crippen LogP contribution in [0.5, 0.6) is 11.5 Å². The summed E-state index contributed by atoms with van der Waals surface area (Å²) in [6, 6.07) is 4.97. The Morgan fingerprint density at radius 1 is 1.14 bits per heavy atom. The number of benzene rings is 1. The number of anilines is 1. The summed E-state index contributed by atoms with van der Waals surface area (Å²) in [6.45, 7) is 6.79. The predicted molar refractivity (Wildman–Crippen MR) is 133 cm³/mol. The maximum atomic E-state index is 13.5. The second kappa shape index (κ2) is 10.8. The van der Waals surface area contributed by atoms with E-state index in [2.05, 4.69) is 30.2 Å². The number of para-hydroxylation sites is 1. The van der Waals surface area contributed by atoms with E-state index >= 15 is 0 Å². The van der Waals surface area contributed by atoms with Gasteiger partial charge in [0.05, 0.1) is 38.7 Å². The van der Waals surface area contributed by atoms with Crippen LogP contribution in [0.1, 0.15) is 43.0 Å². The first-order valence-corrected chi connectivity index (χ1v) is 13.1. The molecule has 36 heavy (non-hydrogen) atoms. The van der Waals surface area contributed by atoms with Crippen LogP contribution in [0.3, 0.4) is 0 Å². The van der Waals surface area contributed by atoms with Crippen molar-refractivity contribution in [1.82, 2.24) is 30.0 Å². The van der Waals surface area contributed by atoms with E-state index < -0.39 is 21.2 Å². The number of nitrogens with zero attached hydrogens (tertiary/aromatic N) is 5. The molecule has 13 heteroatoms. The molecule has 0 radical (unpaired) electrons. The molecule has 0 aliphatic carbocycles. The molecule has 2 N–H and O–H groups in total. The Morgan fingerprint density at radius 2 is 1.81 bits per heavy atom. The largest absolute Gasteiger partial charge is 0.494 e. The number of hydrogen-bond donors (Lipinski definition) is 2. The quantitative estimate of drug-likeness (QED) is 0.432. The minimum Gasteiger partial charge on any atom is -0.494 e. The van der Waals surface area contributed by atoms with Crippen molar-refractivity contribution in [2.75, 3.05) is 38.7 Å². The minimum atomic E-state index is -3.94. The zero-order chi connectivity index (χ0) is 25.9. The molecule has 0 spiro atoms. The molecule has 0 saturated carbocycles. The maximum Gasteiger partial charge on any atom is 0.243 e. The molecule has 4 rings (SSSR count). The van der Waals surface area contributed by atoms with E-state index in [0.717, 1.165) is 5.56 Å². The summed E-state index contributed by atoms with van der Waals surface area (Å²) < 4.78 is 48.1. The fourth-order valence-corrected chi connectivity index (χ4v) is 5.16. The van der Waals surface area contributed by atoms with Crippen molar-refractivity contribution in [3.63, 3.8) is 0 Å². The van der Waals surface area contributed by atoms with Crippen LogP contribution in [-0.4, -0.2) is 72.4 Å². The van der Waals surface area contributed by atoms with Crippen molar-refractivity contribution >= 4 is 16.0 Å². The number of rotatable bonds is 9. The Labute approximate surface area is 210 Å². The van der Waals surface area contributed by atoms with Crippen molar-refractivity contribution < 1.29 is 22.6 Å². The summed E-state index contributed by atoms with van der Waals surface area (Å²) in [5, 5.41) is 11.0. The molecule has 12 nitrogen and oxygen atoms in total. The number of hydrogen-bond acceptors (Lipinski definition) is 10. The fourth-order valence-electron chi connectivity index (χ4n) is 3.93. The van der Waals surface area contributed by atoms with E-state index in [4.69, 9.17) is 14.2 Å². The SMILES string of the molecule is COc1cccc(OC)c1-n1c(NS(=O)(=O)C(C)C(C)c2ncc(C)cn2)nnc1[C@@H]1COCCN1. The van der Waals surface area contributed by atoms with Crippen LogP contribution in [0.4, 0.5) is 5.95 Å². The van der Waals surface area contributed by atoms with Crippen LogP contribution in [0.2, 0.25) is 0 Å². The maximum absolute atomic E-state index is 13.5. The Kier molecular flexibility index (Phi) is 7.71. The van der Waals surface area contributed by atoms with Gasteiger partial charge >= 0.3 is 0 Å². The molecule has 1 aliphatic rings. The Balaban J connectivity index is 1.77. The van der Waals surface area contributed by atoms with Gasteiger partial charge in [-0.15, -0.1) is 10.2 Å². The molecule has 3 atom stereocenters. The van der Waals surface area contributed by atoms with E-state index in [1.165, 1.54) is 14.2 Å². The first kappa shape index (κ1) is 25.8. The van der Waals surface area contributed by atoms with Crippen LogP contribution in [0, 0.1) is 6.92 Å². The lowest BCUT2D eigenvalue weighted by atomic mass is 10.1. The van der Waals surface area contributed by atoms with Crippen LogP contribution in [0.15, 0.2) is 30.6 Å². The number of sulfonamides is 1. The lowest BCUT2D eigenvalue weighted by Crippen LogP contribution is -2.36. The minimum absolute atomic E-state index is 0.00375. The van der Waals surface area contributed by atoms with Crippen LogP contribution in [0.25, 0.3) is 5.69 Å². The average Bonchev–Trinajstić information content (AvgIpc) is 3.30. The Morgan fingerprint density at radius 3 is 2.39 bits per heavy atom. The van der Waals surface area contributed by atoms with Gasteiger partial charge in [-0.25, -0.2) is 18.4 Å². The summed E-state index contributed by atoms with van der Waals surface area (Å²) >= 11 is 0. The molecule has 0 bridgehead atoms. The van der Waals surface area contributed by atoms with Crippen molar-refractivity contribution in [2.24, 2.45) is 0 Å². The van der Waals surface area contributed by atoms with E-state index in [0.29, 0.717) is 48.6 Å². The Bertz CT molecular complexity index is 1270. The zero-order valence-electron chi connectivity index (χ0n) is 20.9. The van der Waals surface area contributed by atoms with Gasteiger partial charge in [-0.3, -0.25) is 9.29 Å². The lowest BCUT2D eigenvalue weighted by Gasteiger charge is -2.25. The van der Waals surface area contributed by atoms with Gasteiger partial charge in [0.15, 0.2) is 5.82 Å². The highest BCUT2D eigenvalue weighted by Gasteiger charge is 2.33. The summed E-state index contributed by atoms with van der Waals surface area (Å²) in [6.07, 6.45) is 3.34. The van der Waals surface area contributed by atoms with Gasteiger partial charge in [-0.1, -0.05) is 13.0 Å². The normalized spacial score (nSPS) is 17.9. The number of aromatic nitrogens is 5. The fraction of sp³-hybridized carbons (Fsp3) is 0.478. The van der Waals surface area contributed by atoms with Gasteiger partial charge in [-0.05, 0) is 31.5 Å². The van der Waals surface area contributed by atoms with Crippen LogP contribution in [-0.2, 0) is 14.8 Å². The molecule has 1 aliphatic heterocycles. The Hall–Kier alpha value is -3.29. The first-order chi connectivity index (χ1) is 17.3. The van der Waals surface area contributed by atoms with Gasteiger partial charge in [0, 0.05) is 24.9 Å².